The summed E-state index contributed by atoms with van der Waals surface area (Å²) >= 11 is 1.37. The van der Waals surface area contributed by atoms with Crippen LogP contribution in [0.4, 0.5) is 5.69 Å². The quantitative estimate of drug-likeness (QED) is 0.573. The smallest absolute Gasteiger partial charge is 0.282 e. The molecule has 2 aliphatic heterocycles. The molecular formula is C26H27N5O3S. The Bertz CT molecular complexity index is 1220. The van der Waals surface area contributed by atoms with Crippen molar-refractivity contribution in [1.82, 2.24) is 14.8 Å². The van der Waals surface area contributed by atoms with E-state index in [0.29, 0.717) is 31.1 Å². The lowest BCUT2D eigenvalue weighted by Crippen LogP contribution is -2.52. The van der Waals surface area contributed by atoms with E-state index in [-0.39, 0.29) is 30.2 Å². The summed E-state index contributed by atoms with van der Waals surface area (Å²) in [4.78, 5) is 46.8. The van der Waals surface area contributed by atoms with Crippen molar-refractivity contribution in [2.24, 2.45) is 5.73 Å². The van der Waals surface area contributed by atoms with Gasteiger partial charge in [-0.2, -0.15) is 0 Å². The lowest BCUT2D eigenvalue weighted by molar-refractivity contribution is -0.118. The van der Waals surface area contributed by atoms with Gasteiger partial charge in [0.1, 0.15) is 0 Å². The highest BCUT2D eigenvalue weighted by Crippen LogP contribution is 2.28. The van der Waals surface area contributed by atoms with Gasteiger partial charge in [0.2, 0.25) is 11.8 Å². The summed E-state index contributed by atoms with van der Waals surface area (Å²) in [5, 5.41) is 2.35. The fourth-order valence-electron chi connectivity index (χ4n) is 4.83. The second-order valence-corrected chi connectivity index (χ2v) is 9.81. The molecule has 3 amide bonds. The zero-order valence-electron chi connectivity index (χ0n) is 19.3. The Balaban J connectivity index is 1.20. The first-order valence-corrected chi connectivity index (χ1v) is 12.6. The van der Waals surface area contributed by atoms with E-state index in [1.165, 1.54) is 11.3 Å². The van der Waals surface area contributed by atoms with Crippen LogP contribution in [0.5, 0.6) is 0 Å². The van der Waals surface area contributed by atoms with Crippen molar-refractivity contribution in [3.63, 3.8) is 0 Å². The Morgan fingerprint density at radius 2 is 1.80 bits per heavy atom. The summed E-state index contributed by atoms with van der Waals surface area (Å²) < 4.78 is 0. The number of carbonyl (C=O) groups is 3. The van der Waals surface area contributed by atoms with Crippen LogP contribution >= 0.6 is 11.3 Å². The number of nitrogens with zero attached hydrogens (tertiary/aromatic N) is 4. The Labute approximate surface area is 208 Å². The van der Waals surface area contributed by atoms with E-state index in [2.05, 4.69) is 9.88 Å². The number of primary amides is 1. The predicted molar refractivity (Wildman–Crippen MR) is 135 cm³/mol. The number of anilines is 1. The third-order valence-electron chi connectivity index (χ3n) is 6.66. The van der Waals surface area contributed by atoms with Crippen molar-refractivity contribution in [3.8, 4) is 11.1 Å². The lowest BCUT2D eigenvalue weighted by atomic mass is 10.0. The maximum Gasteiger partial charge on any atom is 0.282 e. The molecule has 2 aromatic carbocycles. The van der Waals surface area contributed by atoms with Crippen molar-refractivity contribution < 1.29 is 14.4 Å². The number of aromatic nitrogens is 1. The molecule has 5 rings (SSSR count). The molecule has 3 heterocycles. The largest absolute Gasteiger partial charge is 0.369 e. The molecule has 1 unspecified atom stereocenters. The van der Waals surface area contributed by atoms with Crippen molar-refractivity contribution >= 4 is 34.7 Å². The van der Waals surface area contributed by atoms with Gasteiger partial charge in [0.25, 0.3) is 5.91 Å². The van der Waals surface area contributed by atoms with Crippen molar-refractivity contribution in [3.05, 3.63) is 70.7 Å². The molecule has 180 valence electrons. The molecule has 2 fully saturated rings. The van der Waals surface area contributed by atoms with Crippen LogP contribution in [0.25, 0.3) is 11.1 Å². The third kappa shape index (κ3) is 5.11. The highest BCUT2D eigenvalue weighted by atomic mass is 32.1. The van der Waals surface area contributed by atoms with Crippen LogP contribution in [0.1, 0.15) is 21.8 Å². The molecule has 2 aliphatic rings. The fraction of sp³-hybridized carbons (Fsp3) is 0.308. The van der Waals surface area contributed by atoms with Gasteiger partial charge >= 0.3 is 0 Å². The number of hydrogen-bond donors (Lipinski definition) is 1. The van der Waals surface area contributed by atoms with Gasteiger partial charge in [-0.3, -0.25) is 19.3 Å². The second kappa shape index (κ2) is 9.97. The minimum Gasteiger partial charge on any atom is -0.369 e. The molecule has 35 heavy (non-hydrogen) atoms. The van der Waals surface area contributed by atoms with Crippen LogP contribution < -0.4 is 10.6 Å². The molecule has 0 aliphatic carbocycles. The number of piperazine rings is 1. The molecule has 2 N–H and O–H groups in total. The van der Waals surface area contributed by atoms with Gasteiger partial charge in [0.15, 0.2) is 5.01 Å². The number of hydrogen-bond acceptors (Lipinski definition) is 6. The summed E-state index contributed by atoms with van der Waals surface area (Å²) in [6, 6.07) is 15.9. The summed E-state index contributed by atoms with van der Waals surface area (Å²) in [5.41, 5.74) is 9.11. The minimum absolute atomic E-state index is 0.0102. The summed E-state index contributed by atoms with van der Waals surface area (Å²) in [7, 11) is 0. The lowest BCUT2D eigenvalue weighted by Gasteiger charge is -2.37. The van der Waals surface area contributed by atoms with Crippen molar-refractivity contribution in [2.45, 2.75) is 18.9 Å². The minimum atomic E-state index is -0.355. The molecule has 2 saturated heterocycles. The number of thiazole rings is 1. The first kappa shape index (κ1) is 23.2. The monoisotopic (exact) mass is 489 g/mol. The Hall–Kier alpha value is -3.56. The van der Waals surface area contributed by atoms with Crippen molar-refractivity contribution in [1.29, 1.82) is 0 Å². The van der Waals surface area contributed by atoms with E-state index in [1.54, 1.807) is 6.20 Å². The number of amides is 3. The Kier molecular flexibility index (Phi) is 6.61. The third-order valence-corrected chi connectivity index (χ3v) is 7.42. The van der Waals surface area contributed by atoms with Gasteiger partial charge in [0.05, 0.1) is 6.42 Å². The average molecular weight is 490 g/mol. The van der Waals surface area contributed by atoms with E-state index < -0.39 is 0 Å². The normalized spacial score (nSPS) is 18.7. The topological polar surface area (TPSA) is 99.8 Å². The number of rotatable bonds is 6. The van der Waals surface area contributed by atoms with Crippen LogP contribution in [0, 0.1) is 0 Å². The molecule has 0 saturated carbocycles. The highest BCUT2D eigenvalue weighted by Gasteiger charge is 2.36. The van der Waals surface area contributed by atoms with Crippen molar-refractivity contribution in [2.75, 3.05) is 37.6 Å². The first-order chi connectivity index (χ1) is 17.0. The molecule has 3 aromatic rings. The van der Waals surface area contributed by atoms with Crippen LogP contribution in [-0.2, 0) is 16.0 Å². The van der Waals surface area contributed by atoms with E-state index in [4.69, 9.17) is 5.73 Å². The SMILES string of the molecule is NC(=O)Cc1cccc(-c2ccc(N3CC(N4CCN(C(=O)c5nccs5)CC4)CC3=O)cc2)c1. The average Bonchev–Trinajstić information content (AvgIpc) is 3.54. The van der Waals surface area contributed by atoms with Crippen LogP contribution in [0.3, 0.4) is 0 Å². The molecular weight excluding hydrogens is 462 g/mol. The van der Waals surface area contributed by atoms with E-state index >= 15 is 0 Å². The van der Waals surface area contributed by atoms with Gasteiger partial charge in [-0.15, -0.1) is 11.3 Å². The fourth-order valence-corrected chi connectivity index (χ4v) is 5.44. The predicted octanol–water partition coefficient (Wildman–Crippen LogP) is 2.40. The van der Waals surface area contributed by atoms with Gasteiger partial charge in [-0.1, -0.05) is 36.4 Å². The maximum atomic E-state index is 12.8. The molecule has 0 radical (unpaired) electrons. The van der Waals surface area contributed by atoms with E-state index in [0.717, 1.165) is 35.5 Å². The van der Waals surface area contributed by atoms with Gasteiger partial charge in [-0.05, 0) is 28.8 Å². The van der Waals surface area contributed by atoms with E-state index in [1.807, 2.05) is 63.7 Å². The molecule has 1 aromatic heterocycles. The Morgan fingerprint density at radius 1 is 1.03 bits per heavy atom. The summed E-state index contributed by atoms with van der Waals surface area (Å²) in [5.74, 6) is -0.247. The highest BCUT2D eigenvalue weighted by molar-refractivity contribution is 7.11. The summed E-state index contributed by atoms with van der Waals surface area (Å²) in [6.07, 6.45) is 2.35. The molecule has 8 nitrogen and oxygen atoms in total. The van der Waals surface area contributed by atoms with Crippen LogP contribution in [0.2, 0.25) is 0 Å². The zero-order chi connectivity index (χ0) is 24.4. The second-order valence-electron chi connectivity index (χ2n) is 8.92. The number of carbonyl (C=O) groups excluding carboxylic acids is 3. The van der Waals surface area contributed by atoms with Crippen LogP contribution in [0.15, 0.2) is 60.1 Å². The van der Waals surface area contributed by atoms with Gasteiger partial charge in [-0.25, -0.2) is 4.98 Å². The van der Waals surface area contributed by atoms with Gasteiger partial charge in [0, 0.05) is 62.5 Å². The zero-order valence-corrected chi connectivity index (χ0v) is 20.1. The summed E-state index contributed by atoms with van der Waals surface area (Å²) in [6.45, 7) is 3.44. The first-order valence-electron chi connectivity index (χ1n) is 11.7. The molecule has 1 atom stereocenters. The Morgan fingerprint density at radius 3 is 2.49 bits per heavy atom. The molecule has 0 spiro atoms. The standard InChI is InChI=1S/C26H27N5O3S/c27-23(32)15-18-2-1-3-20(14-18)19-4-6-21(7-5-19)31-17-22(16-24(31)33)29-9-11-30(12-10-29)26(34)25-28-8-13-35-25/h1-8,13-14,22H,9-12,15-17H2,(H2,27,32). The van der Waals surface area contributed by atoms with E-state index in [9.17, 15) is 14.4 Å². The molecule has 0 bridgehead atoms. The number of benzene rings is 2. The van der Waals surface area contributed by atoms with Gasteiger partial charge < -0.3 is 15.5 Å². The maximum absolute atomic E-state index is 12.8. The molecule has 9 heteroatoms. The number of nitrogens with two attached hydrogens (primary N) is 1. The van der Waals surface area contributed by atoms with Crippen LogP contribution in [-0.4, -0.2) is 71.3 Å².